The number of halogens is 2. The van der Waals surface area contributed by atoms with Crippen molar-refractivity contribution in [3.05, 3.63) is 57.8 Å². The zero-order valence-electron chi connectivity index (χ0n) is 15.8. The van der Waals surface area contributed by atoms with Crippen molar-refractivity contribution in [3.63, 3.8) is 0 Å². The average Bonchev–Trinajstić information content (AvgIpc) is 2.46. The van der Waals surface area contributed by atoms with Crippen LogP contribution >= 0.6 is 0 Å². The van der Waals surface area contributed by atoms with Crippen LogP contribution in [0, 0.1) is 10.1 Å². The fraction of sp³-hybridized carbons (Fsp3) is 0.474. The van der Waals surface area contributed by atoms with E-state index in [1.165, 1.54) is 24.3 Å². The molecule has 1 aromatic rings. The molecule has 0 saturated carbocycles. The average molecular weight is 368 g/mol. The lowest BCUT2D eigenvalue weighted by molar-refractivity contribution is -0.384. The third-order valence-electron chi connectivity index (χ3n) is 5.23. The molecule has 0 radical (unpaired) electrons. The van der Waals surface area contributed by atoms with Crippen LogP contribution in [0.15, 0.2) is 42.1 Å². The number of nitro benzene ring substituents is 1. The number of allylic oxidation sites excluding steroid dienone is 2. The molecule has 0 aromatic heterocycles. The highest BCUT2D eigenvalue weighted by Crippen LogP contribution is 2.50. The lowest BCUT2D eigenvalue weighted by Crippen LogP contribution is -2.47. The Labute approximate surface area is 149 Å². The van der Waals surface area contributed by atoms with Crippen molar-refractivity contribution in [2.75, 3.05) is 0 Å². The summed E-state index contributed by atoms with van der Waals surface area (Å²) in [4.78, 5) is 10.5. The predicted molar refractivity (Wildman–Crippen MR) is 102 cm³/mol. The van der Waals surface area contributed by atoms with E-state index in [4.69, 9.17) is 0 Å². The molecular formula is C19H27F2NO2Si. The number of nitro groups is 1. The van der Waals surface area contributed by atoms with Crippen LogP contribution in [0.25, 0.3) is 5.57 Å². The number of rotatable bonds is 7. The minimum atomic E-state index is -2.39. The van der Waals surface area contributed by atoms with E-state index in [9.17, 15) is 18.9 Å². The molecule has 0 aliphatic carbocycles. The molecule has 3 nitrogen and oxygen atoms in total. The van der Waals surface area contributed by atoms with Gasteiger partial charge < -0.3 is 0 Å². The molecule has 0 spiro atoms. The van der Waals surface area contributed by atoms with Gasteiger partial charge in [0.25, 0.3) is 11.8 Å². The second-order valence-electron chi connectivity index (χ2n) is 7.32. The van der Waals surface area contributed by atoms with E-state index in [1.807, 2.05) is 0 Å². The third kappa shape index (κ3) is 3.89. The summed E-state index contributed by atoms with van der Waals surface area (Å²) in [6.45, 7) is 16.5. The van der Waals surface area contributed by atoms with Crippen molar-refractivity contribution < 1.29 is 13.7 Å². The van der Waals surface area contributed by atoms with Crippen molar-refractivity contribution in [1.29, 1.82) is 0 Å². The van der Waals surface area contributed by atoms with Crippen LogP contribution in [0.2, 0.25) is 16.6 Å². The maximum atomic E-state index is 14.0. The van der Waals surface area contributed by atoms with E-state index in [1.54, 1.807) is 0 Å². The monoisotopic (exact) mass is 367 g/mol. The Bertz CT molecular complexity index is 671. The van der Waals surface area contributed by atoms with Gasteiger partial charge in [-0.3, -0.25) is 10.1 Å². The van der Waals surface area contributed by atoms with Gasteiger partial charge in [-0.2, -0.15) is 8.78 Å². The van der Waals surface area contributed by atoms with Crippen molar-refractivity contribution in [3.8, 4) is 0 Å². The minimum absolute atomic E-state index is 0.165. The molecule has 0 aliphatic heterocycles. The van der Waals surface area contributed by atoms with Gasteiger partial charge in [0.15, 0.2) is 0 Å². The minimum Gasteiger partial charge on any atom is -0.258 e. The van der Waals surface area contributed by atoms with Crippen LogP contribution in [0.5, 0.6) is 0 Å². The highest BCUT2D eigenvalue weighted by Gasteiger charge is 2.47. The van der Waals surface area contributed by atoms with Crippen LogP contribution in [-0.4, -0.2) is 13.0 Å². The normalized spacial score (nSPS) is 12.0. The Morgan fingerprint density at radius 2 is 1.56 bits per heavy atom. The van der Waals surface area contributed by atoms with E-state index >= 15 is 0 Å². The number of non-ortho nitro benzene ring substituents is 1. The lowest BCUT2D eigenvalue weighted by Gasteiger charge is -2.45. The summed E-state index contributed by atoms with van der Waals surface area (Å²) in [6.07, 6.45) is -1.83. The Morgan fingerprint density at radius 1 is 1.08 bits per heavy atom. The van der Waals surface area contributed by atoms with Crippen molar-refractivity contribution in [2.45, 2.75) is 58.2 Å². The summed E-state index contributed by atoms with van der Waals surface area (Å²) in [7, 11) is -2.39. The van der Waals surface area contributed by atoms with Crippen LogP contribution < -0.4 is 0 Å². The SMILES string of the molecule is C=C(C(=C(F)F)c1cccc([N+](=O)[O-])c1)[Si](C(C)C)(C(C)C)C(C)C. The van der Waals surface area contributed by atoms with E-state index < -0.39 is 19.1 Å². The number of benzene rings is 1. The third-order valence-corrected chi connectivity index (χ3v) is 12.3. The number of hydrogen-bond acceptors (Lipinski definition) is 2. The highest BCUT2D eigenvalue weighted by atomic mass is 28.3. The fourth-order valence-corrected chi connectivity index (χ4v) is 11.2. The molecule has 1 aromatic carbocycles. The maximum Gasteiger partial charge on any atom is 0.277 e. The first kappa shape index (κ1) is 21.2. The van der Waals surface area contributed by atoms with Crippen molar-refractivity contribution >= 4 is 19.3 Å². The van der Waals surface area contributed by atoms with Gasteiger partial charge in [-0.15, -0.1) is 0 Å². The summed E-state index contributed by atoms with van der Waals surface area (Å²) in [5.74, 6) is 0. The van der Waals surface area contributed by atoms with Crippen molar-refractivity contribution in [1.82, 2.24) is 0 Å². The van der Waals surface area contributed by atoms with Crippen LogP contribution in [0.3, 0.4) is 0 Å². The smallest absolute Gasteiger partial charge is 0.258 e. The summed E-state index contributed by atoms with van der Waals surface area (Å²) >= 11 is 0. The quantitative estimate of drug-likeness (QED) is 0.226. The van der Waals surface area contributed by atoms with Crippen LogP contribution in [-0.2, 0) is 0 Å². The standard InChI is InChI=1S/C19H27F2NO2Si/c1-12(2)25(13(3)4,14(5)6)15(7)18(19(20)21)16-9-8-10-17(11-16)22(23)24/h8-14H,7H2,1-6H3. The van der Waals surface area contributed by atoms with E-state index in [2.05, 4.69) is 48.1 Å². The second kappa shape index (κ2) is 8.04. The molecule has 6 heteroatoms. The number of nitrogens with zero attached hydrogens (tertiary/aromatic N) is 1. The molecule has 0 unspecified atom stereocenters. The molecule has 1 rings (SSSR count). The van der Waals surface area contributed by atoms with Crippen molar-refractivity contribution in [2.24, 2.45) is 0 Å². The Balaban J connectivity index is 3.65. The number of hydrogen-bond donors (Lipinski definition) is 0. The first-order chi connectivity index (χ1) is 11.5. The second-order valence-corrected chi connectivity index (χ2v) is 13.3. The highest BCUT2D eigenvalue weighted by molar-refractivity contribution is 6.91. The largest absolute Gasteiger partial charge is 0.277 e. The molecule has 0 bridgehead atoms. The summed E-state index contributed by atoms with van der Waals surface area (Å²) in [5, 5.41) is 11.5. The molecule has 0 amide bonds. The predicted octanol–water partition coefficient (Wildman–Crippen LogP) is 6.98. The van der Waals surface area contributed by atoms with E-state index in [0.717, 1.165) is 0 Å². The zero-order valence-corrected chi connectivity index (χ0v) is 16.8. The molecule has 0 atom stereocenters. The molecular weight excluding hydrogens is 340 g/mol. The van der Waals surface area contributed by atoms with Gasteiger partial charge in [0, 0.05) is 17.7 Å². The van der Waals surface area contributed by atoms with Gasteiger partial charge in [0.2, 0.25) is 0 Å². The molecule has 138 valence electrons. The van der Waals surface area contributed by atoms with Crippen LogP contribution in [0.4, 0.5) is 14.5 Å². The maximum absolute atomic E-state index is 14.0. The Kier molecular flexibility index (Phi) is 6.82. The summed E-state index contributed by atoms with van der Waals surface area (Å²) in [5.41, 5.74) is 0.397. The molecule has 25 heavy (non-hydrogen) atoms. The Hall–Kier alpha value is -1.82. The first-order valence-electron chi connectivity index (χ1n) is 8.47. The first-order valence-corrected chi connectivity index (χ1v) is 10.7. The molecule has 0 heterocycles. The molecule has 0 N–H and O–H groups in total. The van der Waals surface area contributed by atoms with Gasteiger partial charge in [0.1, 0.15) is 0 Å². The van der Waals surface area contributed by atoms with Gasteiger partial charge >= 0.3 is 0 Å². The topological polar surface area (TPSA) is 43.1 Å². The lowest BCUT2D eigenvalue weighted by atomic mass is 10.1. The van der Waals surface area contributed by atoms with Gasteiger partial charge in [-0.25, -0.2) is 0 Å². The summed E-state index contributed by atoms with van der Waals surface area (Å²) in [6, 6.07) is 5.44. The molecule has 0 saturated heterocycles. The van der Waals surface area contributed by atoms with Gasteiger partial charge in [-0.05, 0) is 22.2 Å². The molecule has 0 fully saturated rings. The van der Waals surface area contributed by atoms with E-state index in [-0.39, 0.29) is 33.4 Å². The summed E-state index contributed by atoms with van der Waals surface area (Å²) < 4.78 is 27.9. The molecule has 0 aliphatic rings. The fourth-order valence-electron chi connectivity index (χ4n) is 4.43. The van der Waals surface area contributed by atoms with Gasteiger partial charge in [-0.1, -0.05) is 65.5 Å². The Morgan fingerprint density at radius 3 is 1.92 bits per heavy atom. The zero-order chi connectivity index (χ0) is 19.5. The van der Waals surface area contributed by atoms with Crippen LogP contribution in [0.1, 0.15) is 47.1 Å². The van der Waals surface area contributed by atoms with Gasteiger partial charge in [0.05, 0.1) is 13.0 Å². The van der Waals surface area contributed by atoms with E-state index in [0.29, 0.717) is 5.20 Å².